The van der Waals surface area contributed by atoms with Crippen LogP contribution in [0.5, 0.6) is 0 Å². The number of nitrogens with zero attached hydrogens (tertiary/aromatic N) is 3. The van der Waals surface area contributed by atoms with Gasteiger partial charge in [-0.2, -0.15) is 0 Å². The summed E-state index contributed by atoms with van der Waals surface area (Å²) in [6.07, 6.45) is 0. The average molecular weight is 309 g/mol. The van der Waals surface area contributed by atoms with E-state index in [2.05, 4.69) is 60.7 Å². The van der Waals surface area contributed by atoms with Crippen LogP contribution in [0.3, 0.4) is 0 Å². The summed E-state index contributed by atoms with van der Waals surface area (Å²) in [7, 11) is 0. The Bertz CT molecular complexity index is 812. The van der Waals surface area contributed by atoms with Crippen LogP contribution >= 0.6 is 0 Å². The van der Waals surface area contributed by atoms with Crippen molar-refractivity contribution >= 4 is 0 Å². The molecule has 0 amide bonds. The fraction of sp³-hybridized carbons (Fsp3) is 0.263. The van der Waals surface area contributed by atoms with Gasteiger partial charge in [-0.3, -0.25) is 4.57 Å². The van der Waals surface area contributed by atoms with Crippen LogP contribution in [-0.4, -0.2) is 14.8 Å². The quantitative estimate of drug-likeness (QED) is 0.695. The normalized spacial score (nSPS) is 11.2. The van der Waals surface area contributed by atoms with Crippen molar-refractivity contribution < 1.29 is 4.39 Å². The Labute approximate surface area is 135 Å². The maximum Gasteiger partial charge on any atom is 0.168 e. The Morgan fingerprint density at radius 1 is 0.913 bits per heavy atom. The number of hydrogen-bond donors (Lipinski definition) is 0. The second-order valence-electron chi connectivity index (χ2n) is 6.22. The van der Waals surface area contributed by atoms with Gasteiger partial charge in [0.2, 0.25) is 0 Å². The second-order valence-corrected chi connectivity index (χ2v) is 6.22. The van der Waals surface area contributed by atoms with Crippen molar-refractivity contribution in [3.63, 3.8) is 0 Å². The van der Waals surface area contributed by atoms with Gasteiger partial charge >= 0.3 is 0 Å². The molecule has 0 saturated heterocycles. The topological polar surface area (TPSA) is 30.7 Å². The molecule has 0 aliphatic rings. The Balaban J connectivity index is 2.24. The lowest BCUT2D eigenvalue weighted by molar-refractivity contribution is 0.628. The fourth-order valence-electron chi connectivity index (χ4n) is 2.79. The molecule has 0 saturated carbocycles. The van der Waals surface area contributed by atoms with Crippen LogP contribution in [0.1, 0.15) is 36.7 Å². The first-order valence-corrected chi connectivity index (χ1v) is 7.75. The maximum atomic E-state index is 13.2. The van der Waals surface area contributed by atoms with E-state index in [4.69, 9.17) is 0 Å². The smallest absolute Gasteiger partial charge is 0.168 e. The summed E-state index contributed by atoms with van der Waals surface area (Å²) in [5, 5.41) is 8.73. The molecule has 3 rings (SSSR count). The van der Waals surface area contributed by atoms with Crippen molar-refractivity contribution in [2.75, 3.05) is 0 Å². The van der Waals surface area contributed by atoms with Gasteiger partial charge in [0, 0.05) is 17.2 Å². The molecule has 0 spiro atoms. The lowest BCUT2D eigenvalue weighted by Gasteiger charge is -2.14. The summed E-state index contributed by atoms with van der Waals surface area (Å²) in [5.41, 5.74) is 4.27. The van der Waals surface area contributed by atoms with E-state index in [0.29, 0.717) is 0 Å². The zero-order valence-corrected chi connectivity index (χ0v) is 13.8. The molecule has 3 aromatic rings. The first kappa shape index (κ1) is 15.4. The van der Waals surface area contributed by atoms with Crippen molar-refractivity contribution in [2.45, 2.75) is 33.6 Å². The van der Waals surface area contributed by atoms with Crippen molar-refractivity contribution in [1.29, 1.82) is 0 Å². The molecule has 0 aliphatic heterocycles. The van der Waals surface area contributed by atoms with E-state index in [-0.39, 0.29) is 11.7 Å². The van der Waals surface area contributed by atoms with Crippen molar-refractivity contribution in [1.82, 2.24) is 14.8 Å². The number of rotatable bonds is 3. The first-order valence-electron chi connectivity index (χ1n) is 7.75. The van der Waals surface area contributed by atoms with E-state index < -0.39 is 0 Å². The minimum absolute atomic E-state index is 0.234. The van der Waals surface area contributed by atoms with Crippen LogP contribution in [0, 0.1) is 19.7 Å². The van der Waals surface area contributed by atoms with Gasteiger partial charge < -0.3 is 0 Å². The highest BCUT2D eigenvalue weighted by molar-refractivity contribution is 5.59. The standard InChI is InChI=1S/C19H20FN3/c1-12(2)18-21-22-19(15-5-7-16(20)8-6-15)23(18)17-10-13(3)9-14(4)11-17/h5-12H,1-4H3. The van der Waals surface area contributed by atoms with Crippen molar-refractivity contribution in [3.05, 3.63) is 65.2 Å². The molecule has 1 aromatic heterocycles. The highest BCUT2D eigenvalue weighted by Crippen LogP contribution is 2.27. The Morgan fingerprint density at radius 2 is 1.52 bits per heavy atom. The number of halogens is 1. The predicted molar refractivity (Wildman–Crippen MR) is 90.3 cm³/mol. The van der Waals surface area contributed by atoms with E-state index in [9.17, 15) is 4.39 Å². The monoisotopic (exact) mass is 309 g/mol. The molecule has 0 aliphatic carbocycles. The first-order chi connectivity index (χ1) is 11.0. The van der Waals surface area contributed by atoms with E-state index in [1.807, 2.05) is 0 Å². The van der Waals surface area contributed by atoms with E-state index >= 15 is 0 Å². The Hall–Kier alpha value is -2.49. The predicted octanol–water partition coefficient (Wildman–Crippen LogP) is 4.81. The molecule has 3 nitrogen and oxygen atoms in total. The zero-order chi connectivity index (χ0) is 16.6. The van der Waals surface area contributed by atoms with Gasteiger partial charge in [0.15, 0.2) is 5.82 Å². The summed E-state index contributed by atoms with van der Waals surface area (Å²) in [6, 6.07) is 12.8. The maximum absolute atomic E-state index is 13.2. The minimum Gasteiger partial charge on any atom is -0.279 e. The lowest BCUT2D eigenvalue weighted by atomic mass is 10.1. The minimum atomic E-state index is -0.254. The van der Waals surface area contributed by atoms with Gasteiger partial charge in [0.05, 0.1) is 0 Å². The fourth-order valence-corrected chi connectivity index (χ4v) is 2.79. The van der Waals surface area contributed by atoms with Crippen LogP contribution < -0.4 is 0 Å². The summed E-state index contributed by atoms with van der Waals surface area (Å²) >= 11 is 0. The highest BCUT2D eigenvalue weighted by Gasteiger charge is 2.18. The van der Waals surface area contributed by atoms with Gasteiger partial charge in [-0.05, 0) is 61.4 Å². The largest absolute Gasteiger partial charge is 0.279 e. The van der Waals surface area contributed by atoms with Gasteiger partial charge in [0.1, 0.15) is 11.6 Å². The third-order valence-corrected chi connectivity index (χ3v) is 3.77. The number of aromatic nitrogens is 3. The SMILES string of the molecule is Cc1cc(C)cc(-n2c(-c3ccc(F)cc3)nnc2C(C)C)c1. The molecule has 2 aromatic carbocycles. The lowest BCUT2D eigenvalue weighted by Crippen LogP contribution is -2.05. The van der Waals surface area contributed by atoms with E-state index in [1.54, 1.807) is 12.1 Å². The summed E-state index contributed by atoms with van der Waals surface area (Å²) in [6.45, 7) is 8.34. The summed E-state index contributed by atoms with van der Waals surface area (Å²) in [4.78, 5) is 0. The molecular formula is C19H20FN3. The van der Waals surface area contributed by atoms with Gasteiger partial charge in [0.25, 0.3) is 0 Å². The summed E-state index contributed by atoms with van der Waals surface area (Å²) in [5.74, 6) is 1.61. The van der Waals surface area contributed by atoms with Gasteiger partial charge in [-0.15, -0.1) is 10.2 Å². The summed E-state index contributed by atoms with van der Waals surface area (Å²) < 4.78 is 15.3. The van der Waals surface area contributed by atoms with Crippen LogP contribution in [0.25, 0.3) is 17.1 Å². The molecular weight excluding hydrogens is 289 g/mol. The number of aryl methyl sites for hydroxylation is 2. The van der Waals surface area contributed by atoms with E-state index in [0.717, 1.165) is 22.9 Å². The van der Waals surface area contributed by atoms with Crippen LogP contribution in [0.15, 0.2) is 42.5 Å². The van der Waals surface area contributed by atoms with E-state index in [1.165, 1.54) is 23.3 Å². The molecule has 0 radical (unpaired) electrons. The Kier molecular flexibility index (Phi) is 3.99. The van der Waals surface area contributed by atoms with Gasteiger partial charge in [-0.25, -0.2) is 4.39 Å². The zero-order valence-electron chi connectivity index (χ0n) is 13.8. The van der Waals surface area contributed by atoms with Crippen LogP contribution in [0.2, 0.25) is 0 Å². The third kappa shape index (κ3) is 3.02. The number of hydrogen-bond acceptors (Lipinski definition) is 2. The molecule has 4 heteroatoms. The van der Waals surface area contributed by atoms with Crippen molar-refractivity contribution in [3.8, 4) is 17.1 Å². The van der Waals surface area contributed by atoms with Crippen molar-refractivity contribution in [2.24, 2.45) is 0 Å². The average Bonchev–Trinajstić information content (AvgIpc) is 2.92. The molecule has 0 N–H and O–H groups in total. The Morgan fingerprint density at radius 3 is 2.09 bits per heavy atom. The molecule has 1 heterocycles. The van der Waals surface area contributed by atoms with Gasteiger partial charge in [-0.1, -0.05) is 19.9 Å². The third-order valence-electron chi connectivity index (χ3n) is 3.77. The molecule has 0 unspecified atom stereocenters. The molecule has 118 valence electrons. The van der Waals surface area contributed by atoms with Crippen LogP contribution in [-0.2, 0) is 0 Å². The molecule has 0 atom stereocenters. The molecule has 23 heavy (non-hydrogen) atoms. The molecule has 0 fully saturated rings. The second kappa shape index (κ2) is 5.95. The number of benzene rings is 2. The van der Waals surface area contributed by atoms with Crippen LogP contribution in [0.4, 0.5) is 4.39 Å². The highest BCUT2D eigenvalue weighted by atomic mass is 19.1. The molecule has 0 bridgehead atoms.